The normalized spacial score (nSPS) is 37.1. The van der Waals surface area contributed by atoms with Gasteiger partial charge in [0.25, 0.3) is 0 Å². The van der Waals surface area contributed by atoms with Crippen LogP contribution < -0.4 is 5.73 Å². The number of nitrogens with two attached hydrogens (primary N) is 1. The van der Waals surface area contributed by atoms with Gasteiger partial charge in [-0.25, -0.2) is 0 Å². The van der Waals surface area contributed by atoms with Gasteiger partial charge < -0.3 is 10.6 Å². The van der Waals surface area contributed by atoms with Crippen LogP contribution >= 0.6 is 0 Å². The second-order valence-corrected chi connectivity index (χ2v) is 6.29. The molecule has 0 amide bonds. The summed E-state index contributed by atoms with van der Waals surface area (Å²) >= 11 is 0. The summed E-state index contributed by atoms with van der Waals surface area (Å²) in [6.07, 6.45) is 2.71. The molecule has 3 heterocycles. The van der Waals surface area contributed by atoms with Gasteiger partial charge in [0.15, 0.2) is 0 Å². The fourth-order valence-electron chi connectivity index (χ4n) is 3.93. The molecule has 3 fully saturated rings. The molecule has 0 aromatic heterocycles. The molecule has 3 aliphatic rings. The number of nitrogens with zero attached hydrogens (tertiary/aromatic N) is 2. The van der Waals surface area contributed by atoms with Gasteiger partial charge in [-0.05, 0) is 44.3 Å². The molecular formula is C14H29N3. The first kappa shape index (κ1) is 13.3. The predicted octanol–water partition coefficient (Wildman–Crippen LogP) is 1.39. The molecule has 3 heteroatoms. The average molecular weight is 239 g/mol. The Bertz CT molecular complexity index is 246. The smallest absolute Gasteiger partial charge is 0.0487 e. The lowest BCUT2D eigenvalue weighted by Gasteiger charge is -2.58. The number of hydrogen-bond donors (Lipinski definition) is 1. The highest BCUT2D eigenvalue weighted by Crippen LogP contribution is 2.39. The van der Waals surface area contributed by atoms with Crippen LogP contribution in [-0.2, 0) is 0 Å². The SMILES string of the molecule is CCN(CC(C)C)C1(CN)CN2CCC1CC2. The maximum atomic E-state index is 6.21. The first-order valence-corrected chi connectivity index (χ1v) is 7.30. The third-order valence-electron chi connectivity index (χ3n) is 4.80. The van der Waals surface area contributed by atoms with Gasteiger partial charge in [-0.2, -0.15) is 0 Å². The zero-order valence-electron chi connectivity index (χ0n) is 11.8. The van der Waals surface area contributed by atoms with Crippen LogP contribution in [0.1, 0.15) is 33.6 Å². The summed E-state index contributed by atoms with van der Waals surface area (Å²) in [6.45, 7) is 13.9. The van der Waals surface area contributed by atoms with Gasteiger partial charge in [-0.3, -0.25) is 4.90 Å². The summed E-state index contributed by atoms with van der Waals surface area (Å²) < 4.78 is 0. The predicted molar refractivity (Wildman–Crippen MR) is 73.0 cm³/mol. The molecule has 0 aromatic carbocycles. The lowest BCUT2D eigenvalue weighted by atomic mass is 9.71. The van der Waals surface area contributed by atoms with Gasteiger partial charge in [0.05, 0.1) is 0 Å². The molecule has 1 unspecified atom stereocenters. The summed E-state index contributed by atoms with van der Waals surface area (Å²) in [4.78, 5) is 5.30. The highest BCUT2D eigenvalue weighted by atomic mass is 15.3. The van der Waals surface area contributed by atoms with Crippen LogP contribution in [0.25, 0.3) is 0 Å². The van der Waals surface area contributed by atoms with E-state index < -0.39 is 0 Å². The zero-order valence-corrected chi connectivity index (χ0v) is 11.8. The van der Waals surface area contributed by atoms with E-state index in [2.05, 4.69) is 30.6 Å². The van der Waals surface area contributed by atoms with E-state index in [1.807, 2.05) is 0 Å². The van der Waals surface area contributed by atoms with Crippen molar-refractivity contribution in [1.82, 2.24) is 9.80 Å². The fourth-order valence-corrected chi connectivity index (χ4v) is 3.93. The third-order valence-corrected chi connectivity index (χ3v) is 4.80. The van der Waals surface area contributed by atoms with Crippen LogP contribution in [0.15, 0.2) is 0 Å². The molecule has 0 aliphatic carbocycles. The molecular weight excluding hydrogens is 210 g/mol. The number of piperidine rings is 3. The highest BCUT2D eigenvalue weighted by Gasteiger charge is 2.48. The largest absolute Gasteiger partial charge is 0.329 e. The van der Waals surface area contributed by atoms with Gasteiger partial charge in [-0.15, -0.1) is 0 Å². The van der Waals surface area contributed by atoms with E-state index in [1.54, 1.807) is 0 Å². The lowest BCUT2D eigenvalue weighted by molar-refractivity contribution is -0.0691. The van der Waals surface area contributed by atoms with E-state index >= 15 is 0 Å². The Morgan fingerprint density at radius 2 is 2.00 bits per heavy atom. The molecule has 0 radical (unpaired) electrons. The minimum atomic E-state index is 0.273. The zero-order chi connectivity index (χ0) is 12.5. The van der Waals surface area contributed by atoms with E-state index in [0.717, 1.165) is 24.9 Å². The van der Waals surface area contributed by atoms with Crippen molar-refractivity contribution in [2.75, 3.05) is 39.3 Å². The van der Waals surface area contributed by atoms with Gasteiger partial charge in [-0.1, -0.05) is 20.8 Å². The summed E-state index contributed by atoms with van der Waals surface area (Å²) in [6, 6.07) is 0. The van der Waals surface area contributed by atoms with Crippen molar-refractivity contribution in [3.05, 3.63) is 0 Å². The topological polar surface area (TPSA) is 32.5 Å². The Morgan fingerprint density at radius 3 is 2.35 bits per heavy atom. The minimum Gasteiger partial charge on any atom is -0.329 e. The molecule has 3 aliphatic heterocycles. The van der Waals surface area contributed by atoms with E-state index in [0.29, 0.717) is 0 Å². The number of fused-ring (bicyclic) bond motifs is 3. The number of hydrogen-bond acceptors (Lipinski definition) is 3. The maximum absolute atomic E-state index is 6.21. The monoisotopic (exact) mass is 239 g/mol. The lowest BCUT2D eigenvalue weighted by Crippen LogP contribution is -2.70. The summed E-state index contributed by atoms with van der Waals surface area (Å²) in [7, 11) is 0. The average Bonchev–Trinajstić information content (AvgIpc) is 2.36. The first-order chi connectivity index (χ1) is 8.12. The fraction of sp³-hybridized carbons (Fsp3) is 1.00. The molecule has 2 N–H and O–H groups in total. The van der Waals surface area contributed by atoms with Crippen molar-refractivity contribution >= 4 is 0 Å². The van der Waals surface area contributed by atoms with Gasteiger partial charge >= 0.3 is 0 Å². The second-order valence-electron chi connectivity index (χ2n) is 6.29. The second kappa shape index (κ2) is 5.25. The van der Waals surface area contributed by atoms with E-state index in [1.165, 1.54) is 39.0 Å². The number of rotatable bonds is 5. The molecule has 2 bridgehead atoms. The summed E-state index contributed by atoms with van der Waals surface area (Å²) in [5.41, 5.74) is 6.48. The quantitative estimate of drug-likeness (QED) is 0.787. The van der Waals surface area contributed by atoms with E-state index in [9.17, 15) is 0 Å². The van der Waals surface area contributed by atoms with Crippen molar-refractivity contribution in [3.8, 4) is 0 Å². The van der Waals surface area contributed by atoms with Crippen LogP contribution in [-0.4, -0.2) is 54.6 Å². The van der Waals surface area contributed by atoms with Crippen molar-refractivity contribution in [1.29, 1.82) is 0 Å². The molecule has 0 saturated carbocycles. The molecule has 0 spiro atoms. The van der Waals surface area contributed by atoms with Crippen LogP contribution in [0.2, 0.25) is 0 Å². The number of likely N-dealkylation sites (N-methyl/N-ethyl adjacent to an activating group) is 1. The van der Waals surface area contributed by atoms with Crippen molar-refractivity contribution in [3.63, 3.8) is 0 Å². The van der Waals surface area contributed by atoms with Crippen LogP contribution in [0.5, 0.6) is 0 Å². The molecule has 100 valence electrons. The Morgan fingerprint density at radius 1 is 1.35 bits per heavy atom. The molecule has 3 nitrogen and oxygen atoms in total. The van der Waals surface area contributed by atoms with Gasteiger partial charge in [0.1, 0.15) is 0 Å². The maximum Gasteiger partial charge on any atom is 0.0487 e. The van der Waals surface area contributed by atoms with Crippen molar-refractivity contribution < 1.29 is 0 Å². The molecule has 0 aromatic rings. The summed E-state index contributed by atoms with van der Waals surface area (Å²) in [5.74, 6) is 1.56. The van der Waals surface area contributed by atoms with E-state index in [4.69, 9.17) is 5.73 Å². The standard InChI is InChI=1S/C14H29N3/c1-4-17(9-12(2)3)14(10-15)11-16-7-5-13(14)6-8-16/h12-13H,4-11,15H2,1-3H3. The molecule has 17 heavy (non-hydrogen) atoms. The van der Waals surface area contributed by atoms with Crippen LogP contribution in [0.3, 0.4) is 0 Å². The first-order valence-electron chi connectivity index (χ1n) is 7.30. The van der Waals surface area contributed by atoms with Gasteiger partial charge in [0.2, 0.25) is 0 Å². The molecule has 3 rings (SSSR count). The Balaban J connectivity index is 2.17. The molecule has 3 saturated heterocycles. The van der Waals surface area contributed by atoms with Crippen molar-refractivity contribution in [2.24, 2.45) is 17.6 Å². The Hall–Kier alpha value is -0.120. The summed E-state index contributed by atoms with van der Waals surface area (Å²) in [5, 5.41) is 0. The third kappa shape index (κ3) is 2.38. The minimum absolute atomic E-state index is 0.273. The Kier molecular flexibility index (Phi) is 4.11. The van der Waals surface area contributed by atoms with Crippen molar-refractivity contribution in [2.45, 2.75) is 39.2 Å². The van der Waals surface area contributed by atoms with Crippen LogP contribution in [0.4, 0.5) is 0 Å². The molecule has 1 atom stereocenters. The van der Waals surface area contributed by atoms with Gasteiger partial charge in [0, 0.05) is 25.2 Å². The highest BCUT2D eigenvalue weighted by molar-refractivity contribution is 5.06. The Labute approximate surface area is 106 Å². The van der Waals surface area contributed by atoms with E-state index in [-0.39, 0.29) is 5.54 Å². The van der Waals surface area contributed by atoms with Crippen LogP contribution in [0, 0.1) is 11.8 Å².